The van der Waals surface area contributed by atoms with Crippen LogP contribution in [0.25, 0.3) is 0 Å². The smallest absolute Gasteiger partial charge is 0.246 e. The predicted octanol–water partition coefficient (Wildman–Crippen LogP) is 0.291. The summed E-state index contributed by atoms with van der Waals surface area (Å²) in [7, 11) is -1.84. The normalized spacial score (nSPS) is 20.5. The molecule has 0 radical (unpaired) electrons. The minimum absolute atomic E-state index is 0.00920. The highest BCUT2D eigenvalue weighted by Gasteiger charge is 2.33. The van der Waals surface area contributed by atoms with Crippen LogP contribution in [0.5, 0.6) is 0 Å². The van der Waals surface area contributed by atoms with Crippen molar-refractivity contribution < 1.29 is 13.2 Å². The number of methoxy groups -OCH3 is 1. The van der Waals surface area contributed by atoms with E-state index < -0.39 is 10.0 Å². The first kappa shape index (κ1) is 16.4. The van der Waals surface area contributed by atoms with Gasteiger partial charge in [0, 0.05) is 39.0 Å². The monoisotopic (exact) mass is 316 g/mol. The molecule has 8 heteroatoms. The van der Waals surface area contributed by atoms with E-state index in [1.54, 1.807) is 18.0 Å². The summed E-state index contributed by atoms with van der Waals surface area (Å²) in [5.74, 6) is 0. The first-order valence-electron chi connectivity index (χ1n) is 7.22. The first-order chi connectivity index (χ1) is 9.93. The molecule has 1 N–H and O–H groups in total. The van der Waals surface area contributed by atoms with Gasteiger partial charge in [0.15, 0.2) is 0 Å². The fourth-order valence-electron chi connectivity index (χ4n) is 2.33. The van der Waals surface area contributed by atoms with E-state index in [9.17, 15) is 8.42 Å². The van der Waals surface area contributed by atoms with Gasteiger partial charge in [-0.05, 0) is 6.42 Å². The molecule has 2 rings (SSSR count). The van der Waals surface area contributed by atoms with Gasteiger partial charge in [0.1, 0.15) is 4.90 Å². The van der Waals surface area contributed by atoms with Gasteiger partial charge in [0.25, 0.3) is 0 Å². The Balaban J connectivity index is 1.99. The molecule has 0 bridgehead atoms. The predicted molar refractivity (Wildman–Crippen MR) is 79.5 cm³/mol. The van der Waals surface area contributed by atoms with Crippen LogP contribution >= 0.6 is 0 Å². The zero-order valence-corrected chi connectivity index (χ0v) is 13.6. The summed E-state index contributed by atoms with van der Waals surface area (Å²) in [5, 5.41) is 7.40. The maximum atomic E-state index is 12.5. The van der Waals surface area contributed by atoms with Crippen molar-refractivity contribution >= 4 is 10.0 Å². The summed E-state index contributed by atoms with van der Waals surface area (Å²) < 4.78 is 33.3. The number of nitrogens with one attached hydrogen (secondary N) is 1. The molecule has 1 saturated heterocycles. The molecule has 0 spiro atoms. The first-order valence-corrected chi connectivity index (χ1v) is 8.66. The van der Waals surface area contributed by atoms with Crippen molar-refractivity contribution in [3.8, 4) is 0 Å². The van der Waals surface area contributed by atoms with Crippen LogP contribution in [0, 0.1) is 0 Å². The third kappa shape index (κ3) is 4.03. The molecule has 1 unspecified atom stereocenters. The van der Waals surface area contributed by atoms with Crippen LogP contribution in [0.2, 0.25) is 0 Å². The Hall–Kier alpha value is -0.960. The van der Waals surface area contributed by atoms with Gasteiger partial charge in [-0.15, -0.1) is 0 Å². The molecule has 0 aromatic carbocycles. The Morgan fingerprint density at radius 2 is 2.29 bits per heavy atom. The van der Waals surface area contributed by atoms with Gasteiger partial charge in [-0.2, -0.15) is 9.40 Å². The Morgan fingerprint density at radius 1 is 1.52 bits per heavy atom. The quantitative estimate of drug-likeness (QED) is 0.782. The molecule has 0 saturated carbocycles. The molecular formula is C13H24N4O3S. The molecule has 1 fully saturated rings. The van der Waals surface area contributed by atoms with Crippen LogP contribution in [0.1, 0.15) is 20.3 Å². The van der Waals surface area contributed by atoms with Crippen LogP contribution in [0.15, 0.2) is 17.3 Å². The summed E-state index contributed by atoms with van der Waals surface area (Å²) in [6.07, 6.45) is 3.75. The highest BCUT2D eigenvalue weighted by Crippen LogP contribution is 2.21. The van der Waals surface area contributed by atoms with Gasteiger partial charge < -0.3 is 10.1 Å². The maximum Gasteiger partial charge on any atom is 0.246 e. The van der Waals surface area contributed by atoms with Crippen molar-refractivity contribution in [1.29, 1.82) is 0 Å². The van der Waals surface area contributed by atoms with Crippen molar-refractivity contribution in [3.63, 3.8) is 0 Å². The standard InChI is InChI=1S/C13H24N4O3S/c1-11(2)14-5-7-16-10-13(8-15-16)21(18,19)17-6-4-12(9-17)20-3/h8,10-12,14H,4-7,9H2,1-3H3. The zero-order chi connectivity index (χ0) is 15.5. The second-order valence-corrected chi connectivity index (χ2v) is 7.50. The third-order valence-corrected chi connectivity index (χ3v) is 5.40. The molecule has 1 aromatic rings. The lowest BCUT2D eigenvalue weighted by molar-refractivity contribution is 0.115. The maximum absolute atomic E-state index is 12.5. The van der Waals surface area contributed by atoms with Gasteiger partial charge in [-0.1, -0.05) is 13.8 Å². The zero-order valence-electron chi connectivity index (χ0n) is 12.8. The Labute approximate surface area is 126 Å². The molecule has 7 nitrogen and oxygen atoms in total. The lowest BCUT2D eigenvalue weighted by Crippen LogP contribution is -2.30. The van der Waals surface area contributed by atoms with Gasteiger partial charge in [-0.25, -0.2) is 8.42 Å². The molecule has 21 heavy (non-hydrogen) atoms. The highest BCUT2D eigenvalue weighted by molar-refractivity contribution is 7.89. The van der Waals surface area contributed by atoms with Crippen molar-refractivity contribution in [2.75, 3.05) is 26.7 Å². The van der Waals surface area contributed by atoms with Crippen molar-refractivity contribution in [2.45, 2.75) is 43.9 Å². The van der Waals surface area contributed by atoms with E-state index in [1.165, 1.54) is 10.5 Å². The number of sulfonamides is 1. The van der Waals surface area contributed by atoms with Crippen LogP contribution < -0.4 is 5.32 Å². The van der Waals surface area contributed by atoms with Gasteiger partial charge in [0.2, 0.25) is 10.0 Å². The number of aromatic nitrogens is 2. The second kappa shape index (κ2) is 6.87. The molecule has 1 atom stereocenters. The largest absolute Gasteiger partial charge is 0.380 e. The lowest BCUT2D eigenvalue weighted by atomic mass is 10.3. The average Bonchev–Trinajstić information content (AvgIpc) is 3.07. The average molecular weight is 316 g/mol. The van der Waals surface area contributed by atoms with Gasteiger partial charge in [-0.3, -0.25) is 4.68 Å². The molecule has 0 amide bonds. The topological polar surface area (TPSA) is 76.5 Å². The van der Waals surface area contributed by atoms with Crippen LogP contribution in [-0.4, -0.2) is 61.4 Å². The van der Waals surface area contributed by atoms with E-state index in [1.807, 2.05) is 0 Å². The number of hydrogen-bond donors (Lipinski definition) is 1. The summed E-state index contributed by atoms with van der Waals surface area (Å²) >= 11 is 0. The lowest BCUT2D eigenvalue weighted by Gasteiger charge is -2.14. The van der Waals surface area contributed by atoms with Gasteiger partial charge >= 0.3 is 0 Å². The van der Waals surface area contributed by atoms with Crippen molar-refractivity contribution in [2.24, 2.45) is 0 Å². The van der Waals surface area contributed by atoms with E-state index in [-0.39, 0.29) is 11.0 Å². The Bertz CT molecular complexity index is 556. The summed E-state index contributed by atoms with van der Waals surface area (Å²) in [5.41, 5.74) is 0. The van der Waals surface area contributed by atoms with E-state index in [0.29, 0.717) is 25.7 Å². The Morgan fingerprint density at radius 3 is 2.90 bits per heavy atom. The number of ether oxygens (including phenoxy) is 1. The molecule has 1 aliphatic heterocycles. The van der Waals surface area contributed by atoms with E-state index in [4.69, 9.17) is 4.74 Å². The van der Waals surface area contributed by atoms with Crippen LogP contribution in [-0.2, 0) is 21.3 Å². The minimum Gasteiger partial charge on any atom is -0.380 e. The molecule has 0 aliphatic carbocycles. The fraction of sp³-hybridized carbons (Fsp3) is 0.769. The Kier molecular flexibility index (Phi) is 5.37. The number of rotatable bonds is 7. The van der Waals surface area contributed by atoms with E-state index in [2.05, 4.69) is 24.3 Å². The van der Waals surface area contributed by atoms with Crippen LogP contribution in [0.4, 0.5) is 0 Å². The minimum atomic E-state index is -3.45. The summed E-state index contributed by atoms with van der Waals surface area (Å²) in [6.45, 7) is 6.46. The van der Waals surface area contributed by atoms with E-state index in [0.717, 1.165) is 13.0 Å². The number of nitrogens with zero attached hydrogens (tertiary/aromatic N) is 3. The molecule has 120 valence electrons. The molecule has 1 aliphatic rings. The van der Waals surface area contributed by atoms with Crippen molar-refractivity contribution in [3.05, 3.63) is 12.4 Å². The van der Waals surface area contributed by atoms with Gasteiger partial charge in [0.05, 0.1) is 18.8 Å². The third-order valence-electron chi connectivity index (χ3n) is 3.58. The molecular weight excluding hydrogens is 292 g/mol. The summed E-state index contributed by atoms with van der Waals surface area (Å²) in [6, 6.07) is 0.402. The SMILES string of the molecule is COC1CCN(S(=O)(=O)c2cnn(CCNC(C)C)c2)C1. The molecule has 2 heterocycles. The second-order valence-electron chi connectivity index (χ2n) is 5.56. The molecule has 1 aromatic heterocycles. The fourth-order valence-corrected chi connectivity index (χ4v) is 3.77. The van der Waals surface area contributed by atoms with Crippen molar-refractivity contribution in [1.82, 2.24) is 19.4 Å². The van der Waals surface area contributed by atoms with Crippen LogP contribution in [0.3, 0.4) is 0 Å². The van der Waals surface area contributed by atoms with E-state index >= 15 is 0 Å². The highest BCUT2D eigenvalue weighted by atomic mass is 32.2. The number of hydrogen-bond acceptors (Lipinski definition) is 5. The summed E-state index contributed by atoms with van der Waals surface area (Å²) in [4.78, 5) is 0.254.